The standard InChI is InChI=1S/C9H11F5O/c1-7(2,3)6(15)4-5-8(10,11)9(12,13)14/h6,15H,1-3H3. The van der Waals surface area contributed by atoms with Crippen molar-refractivity contribution in [2.45, 2.75) is 39.0 Å². The second kappa shape index (κ2) is 3.97. The molecule has 0 saturated heterocycles. The van der Waals surface area contributed by atoms with Gasteiger partial charge in [0, 0.05) is 0 Å². The van der Waals surface area contributed by atoms with E-state index in [9.17, 15) is 22.0 Å². The van der Waals surface area contributed by atoms with Gasteiger partial charge in [0.05, 0.1) is 0 Å². The molecular weight excluding hydrogens is 219 g/mol. The fraction of sp³-hybridized carbons (Fsp3) is 0.778. The maximum atomic E-state index is 12.3. The summed E-state index contributed by atoms with van der Waals surface area (Å²) in [4.78, 5) is 0. The lowest BCUT2D eigenvalue weighted by atomic mass is 9.89. The molecule has 0 heterocycles. The molecule has 15 heavy (non-hydrogen) atoms. The number of halogens is 5. The molecule has 0 aromatic heterocycles. The van der Waals surface area contributed by atoms with Crippen LogP contribution in [0.2, 0.25) is 0 Å². The second-order valence-corrected chi connectivity index (χ2v) is 4.11. The molecule has 0 bridgehead atoms. The fourth-order valence-electron chi connectivity index (χ4n) is 0.446. The van der Waals surface area contributed by atoms with Gasteiger partial charge in [-0.1, -0.05) is 26.7 Å². The van der Waals surface area contributed by atoms with E-state index in [2.05, 4.69) is 0 Å². The molecule has 0 saturated carbocycles. The van der Waals surface area contributed by atoms with Crippen LogP contribution in [0, 0.1) is 17.3 Å². The number of rotatable bonds is 0. The second-order valence-electron chi connectivity index (χ2n) is 4.11. The van der Waals surface area contributed by atoms with Gasteiger partial charge in [-0.15, -0.1) is 0 Å². The molecule has 6 heteroatoms. The van der Waals surface area contributed by atoms with Crippen LogP contribution in [0.25, 0.3) is 0 Å². The Morgan fingerprint density at radius 2 is 1.40 bits per heavy atom. The Bertz CT molecular complexity index is 276. The number of hydrogen-bond donors (Lipinski definition) is 1. The highest BCUT2D eigenvalue weighted by atomic mass is 19.4. The van der Waals surface area contributed by atoms with E-state index in [1.54, 1.807) is 0 Å². The van der Waals surface area contributed by atoms with E-state index < -0.39 is 23.6 Å². The average molecular weight is 230 g/mol. The highest BCUT2D eigenvalue weighted by Crippen LogP contribution is 2.34. The van der Waals surface area contributed by atoms with Crippen LogP contribution in [-0.4, -0.2) is 23.3 Å². The summed E-state index contributed by atoms with van der Waals surface area (Å²) < 4.78 is 59.5. The van der Waals surface area contributed by atoms with Crippen LogP contribution in [0.4, 0.5) is 22.0 Å². The van der Waals surface area contributed by atoms with Gasteiger partial charge < -0.3 is 5.11 Å². The van der Waals surface area contributed by atoms with E-state index in [0.29, 0.717) is 0 Å². The molecule has 1 N–H and O–H groups in total. The van der Waals surface area contributed by atoms with Gasteiger partial charge in [-0.05, 0) is 11.3 Å². The number of aliphatic hydroxyl groups excluding tert-OH is 1. The van der Waals surface area contributed by atoms with E-state index in [0.717, 1.165) is 5.92 Å². The lowest BCUT2D eigenvalue weighted by molar-refractivity contribution is -0.254. The minimum Gasteiger partial charge on any atom is -0.380 e. The topological polar surface area (TPSA) is 20.2 Å². The van der Waals surface area contributed by atoms with Crippen molar-refractivity contribution in [1.82, 2.24) is 0 Å². The highest BCUT2D eigenvalue weighted by Gasteiger charge is 2.56. The van der Waals surface area contributed by atoms with Gasteiger partial charge in [-0.3, -0.25) is 0 Å². The molecule has 1 unspecified atom stereocenters. The van der Waals surface area contributed by atoms with E-state index in [4.69, 9.17) is 5.11 Å². The lowest BCUT2D eigenvalue weighted by Crippen LogP contribution is -2.35. The maximum Gasteiger partial charge on any atom is 0.466 e. The summed E-state index contributed by atoms with van der Waals surface area (Å²) in [5.41, 5.74) is -0.866. The molecule has 0 radical (unpaired) electrons. The summed E-state index contributed by atoms with van der Waals surface area (Å²) in [5, 5.41) is 9.14. The monoisotopic (exact) mass is 230 g/mol. The van der Waals surface area contributed by atoms with Gasteiger partial charge in [-0.2, -0.15) is 22.0 Å². The molecule has 1 atom stereocenters. The van der Waals surface area contributed by atoms with Crippen molar-refractivity contribution >= 4 is 0 Å². The Kier molecular flexibility index (Phi) is 3.75. The zero-order valence-corrected chi connectivity index (χ0v) is 8.41. The summed E-state index contributed by atoms with van der Waals surface area (Å²) in [6, 6.07) is 0. The van der Waals surface area contributed by atoms with Crippen molar-refractivity contribution in [2.24, 2.45) is 5.41 Å². The van der Waals surface area contributed by atoms with Gasteiger partial charge in [0.2, 0.25) is 0 Å². The number of aliphatic hydroxyl groups is 1. The summed E-state index contributed by atoms with van der Waals surface area (Å²) in [5.74, 6) is -2.83. The van der Waals surface area contributed by atoms with Crippen LogP contribution in [0.1, 0.15) is 20.8 Å². The predicted octanol–water partition coefficient (Wildman–Crippen LogP) is 2.59. The molecule has 0 amide bonds. The van der Waals surface area contributed by atoms with E-state index in [1.165, 1.54) is 26.7 Å². The van der Waals surface area contributed by atoms with Gasteiger partial charge in [-0.25, -0.2) is 0 Å². The Morgan fingerprint density at radius 1 is 1.00 bits per heavy atom. The van der Waals surface area contributed by atoms with Gasteiger partial charge >= 0.3 is 12.1 Å². The molecule has 0 aliphatic rings. The first kappa shape index (κ1) is 14.2. The van der Waals surface area contributed by atoms with Crippen molar-refractivity contribution < 1.29 is 27.1 Å². The molecule has 0 fully saturated rings. The Hall–Kier alpha value is -0.830. The van der Waals surface area contributed by atoms with Crippen LogP contribution in [0.3, 0.4) is 0 Å². The van der Waals surface area contributed by atoms with Gasteiger partial charge in [0.1, 0.15) is 6.10 Å². The smallest absolute Gasteiger partial charge is 0.380 e. The lowest BCUT2D eigenvalue weighted by Gasteiger charge is -2.21. The minimum atomic E-state index is -5.71. The Labute approximate surface area is 84.3 Å². The quantitative estimate of drug-likeness (QED) is 0.501. The molecule has 0 aliphatic heterocycles. The molecule has 0 aliphatic carbocycles. The first-order valence-corrected chi connectivity index (χ1v) is 4.03. The van der Waals surface area contributed by atoms with Crippen LogP contribution in [0.5, 0.6) is 0 Å². The minimum absolute atomic E-state index is 0.747. The summed E-state index contributed by atoms with van der Waals surface area (Å²) in [6.45, 7) is 4.41. The normalized spacial score (nSPS) is 15.5. The third kappa shape index (κ3) is 4.04. The molecule has 1 nitrogen and oxygen atoms in total. The van der Waals surface area contributed by atoms with E-state index in [1.807, 2.05) is 0 Å². The van der Waals surface area contributed by atoms with Crippen molar-refractivity contribution in [3.8, 4) is 11.8 Å². The first-order chi connectivity index (χ1) is 6.38. The van der Waals surface area contributed by atoms with Crippen LogP contribution in [-0.2, 0) is 0 Å². The SMILES string of the molecule is CC(C)(C)C(O)C#CC(F)(F)C(F)(F)F. The molecule has 0 aromatic carbocycles. The summed E-state index contributed by atoms with van der Waals surface area (Å²) in [6.07, 6.45) is -7.25. The zero-order chi connectivity index (χ0) is 12.5. The molecule has 0 rings (SSSR count). The van der Waals surface area contributed by atoms with Crippen LogP contribution < -0.4 is 0 Å². The van der Waals surface area contributed by atoms with Crippen molar-refractivity contribution in [3.63, 3.8) is 0 Å². The van der Waals surface area contributed by atoms with E-state index in [-0.39, 0.29) is 0 Å². The molecule has 0 spiro atoms. The Balaban J connectivity index is 4.82. The molecular formula is C9H11F5O. The van der Waals surface area contributed by atoms with E-state index >= 15 is 0 Å². The van der Waals surface area contributed by atoms with Crippen molar-refractivity contribution in [1.29, 1.82) is 0 Å². The summed E-state index contributed by atoms with van der Waals surface area (Å²) in [7, 11) is 0. The third-order valence-electron chi connectivity index (χ3n) is 1.54. The summed E-state index contributed by atoms with van der Waals surface area (Å²) >= 11 is 0. The fourth-order valence-corrected chi connectivity index (χ4v) is 0.446. The highest BCUT2D eigenvalue weighted by molar-refractivity contribution is 5.16. The largest absolute Gasteiger partial charge is 0.466 e. The molecule has 88 valence electrons. The average Bonchev–Trinajstić information content (AvgIpc) is 1.96. The van der Waals surface area contributed by atoms with Crippen LogP contribution >= 0.6 is 0 Å². The number of alkyl halides is 5. The predicted molar refractivity (Wildman–Crippen MR) is 44.2 cm³/mol. The maximum absolute atomic E-state index is 12.3. The van der Waals surface area contributed by atoms with Crippen molar-refractivity contribution in [3.05, 3.63) is 0 Å². The number of hydrogen-bond acceptors (Lipinski definition) is 1. The first-order valence-electron chi connectivity index (χ1n) is 4.03. The zero-order valence-electron chi connectivity index (χ0n) is 8.41. The van der Waals surface area contributed by atoms with Gasteiger partial charge in [0.15, 0.2) is 0 Å². The third-order valence-corrected chi connectivity index (χ3v) is 1.54. The Morgan fingerprint density at radius 3 is 1.67 bits per heavy atom. The van der Waals surface area contributed by atoms with Crippen molar-refractivity contribution in [2.75, 3.05) is 0 Å². The van der Waals surface area contributed by atoms with Crippen LogP contribution in [0.15, 0.2) is 0 Å². The van der Waals surface area contributed by atoms with Gasteiger partial charge in [0.25, 0.3) is 0 Å². The molecule has 0 aromatic rings.